The Balaban J connectivity index is 1.66. The molecule has 1 aliphatic rings. The van der Waals surface area contributed by atoms with Crippen LogP contribution in [-0.4, -0.2) is 24.6 Å². The summed E-state index contributed by atoms with van der Waals surface area (Å²) >= 11 is 6.18. The van der Waals surface area contributed by atoms with E-state index >= 15 is 0 Å². The molecule has 1 aromatic heterocycles. The number of halogens is 1. The molecule has 5 nitrogen and oxygen atoms in total. The second-order valence-corrected chi connectivity index (χ2v) is 6.84. The fourth-order valence-corrected chi connectivity index (χ4v) is 3.52. The Bertz CT molecular complexity index is 760. The lowest BCUT2D eigenvalue weighted by molar-refractivity contribution is -0.118. The summed E-state index contributed by atoms with van der Waals surface area (Å²) in [4.78, 5) is 16.4. The second-order valence-electron chi connectivity index (χ2n) is 6.41. The van der Waals surface area contributed by atoms with Crippen molar-refractivity contribution in [1.29, 1.82) is 0 Å². The molecule has 0 spiro atoms. The van der Waals surface area contributed by atoms with Gasteiger partial charge in [0.15, 0.2) is 18.2 Å². The third-order valence-corrected chi connectivity index (χ3v) is 4.86. The van der Waals surface area contributed by atoms with Gasteiger partial charge in [0.05, 0.1) is 7.11 Å². The first-order chi connectivity index (χ1) is 12.7. The lowest BCUT2D eigenvalue weighted by atomic mass is 9.84. The number of nitrogens with one attached hydrogen (secondary N) is 1. The maximum atomic E-state index is 12.3. The van der Waals surface area contributed by atoms with E-state index in [-0.39, 0.29) is 12.5 Å². The summed E-state index contributed by atoms with van der Waals surface area (Å²) in [6.45, 7) is -0.0961. The minimum atomic E-state index is -0.286. The highest BCUT2D eigenvalue weighted by molar-refractivity contribution is 6.30. The minimum absolute atomic E-state index is 0.0961. The zero-order chi connectivity index (χ0) is 18.4. The number of nitrogens with zero attached hydrogens (tertiary/aromatic N) is 1. The molecule has 1 aliphatic carbocycles. The van der Waals surface area contributed by atoms with Gasteiger partial charge in [0.1, 0.15) is 5.75 Å². The molecular formula is C20H23ClN2O3. The SMILES string of the molecule is COc1cccnc1NC(=O)COc1ccc(Cl)cc1C1CCCCC1. The van der Waals surface area contributed by atoms with Gasteiger partial charge in [-0.15, -0.1) is 0 Å². The largest absolute Gasteiger partial charge is 0.493 e. The summed E-state index contributed by atoms with van der Waals surface area (Å²) in [5, 5.41) is 3.41. The molecule has 3 rings (SSSR count). The fourth-order valence-electron chi connectivity index (χ4n) is 3.34. The quantitative estimate of drug-likeness (QED) is 0.788. The molecule has 26 heavy (non-hydrogen) atoms. The van der Waals surface area contributed by atoms with E-state index in [1.807, 2.05) is 12.1 Å². The number of rotatable bonds is 6. The molecule has 1 amide bonds. The Hall–Kier alpha value is -2.27. The van der Waals surface area contributed by atoms with Crippen molar-refractivity contribution in [2.24, 2.45) is 0 Å². The number of pyridine rings is 1. The zero-order valence-corrected chi connectivity index (χ0v) is 15.6. The van der Waals surface area contributed by atoms with Crippen molar-refractivity contribution in [2.45, 2.75) is 38.0 Å². The van der Waals surface area contributed by atoms with Crippen molar-refractivity contribution in [2.75, 3.05) is 19.0 Å². The highest BCUT2D eigenvalue weighted by atomic mass is 35.5. The Morgan fingerprint density at radius 2 is 2.04 bits per heavy atom. The number of amides is 1. The van der Waals surface area contributed by atoms with Crippen molar-refractivity contribution in [3.8, 4) is 11.5 Å². The number of ether oxygens (including phenoxy) is 2. The van der Waals surface area contributed by atoms with Crippen LogP contribution in [0.3, 0.4) is 0 Å². The molecule has 1 N–H and O–H groups in total. The van der Waals surface area contributed by atoms with Gasteiger partial charge in [0.2, 0.25) is 0 Å². The first-order valence-corrected chi connectivity index (χ1v) is 9.26. The van der Waals surface area contributed by atoms with E-state index in [9.17, 15) is 4.79 Å². The standard InChI is InChI=1S/C20H23ClN2O3/c1-25-18-8-5-11-22-20(18)23-19(24)13-26-17-10-9-15(21)12-16(17)14-6-3-2-4-7-14/h5,8-12,14H,2-4,6-7,13H2,1H3,(H,22,23,24). The Kier molecular flexibility index (Phi) is 6.34. The molecule has 0 radical (unpaired) electrons. The van der Waals surface area contributed by atoms with E-state index in [4.69, 9.17) is 21.1 Å². The number of hydrogen-bond donors (Lipinski definition) is 1. The third kappa shape index (κ3) is 4.67. The average Bonchev–Trinajstić information content (AvgIpc) is 2.68. The molecule has 1 heterocycles. The summed E-state index contributed by atoms with van der Waals surface area (Å²) in [6.07, 6.45) is 7.58. The monoisotopic (exact) mass is 374 g/mol. The number of carbonyl (C=O) groups excluding carboxylic acids is 1. The van der Waals surface area contributed by atoms with Gasteiger partial charge in [0.25, 0.3) is 5.91 Å². The van der Waals surface area contributed by atoms with Crippen LogP contribution in [0, 0.1) is 0 Å². The maximum absolute atomic E-state index is 12.3. The summed E-state index contributed by atoms with van der Waals surface area (Å²) in [5.41, 5.74) is 1.10. The topological polar surface area (TPSA) is 60.5 Å². The Morgan fingerprint density at radius 1 is 1.23 bits per heavy atom. The van der Waals surface area contributed by atoms with Crippen molar-refractivity contribution in [3.05, 3.63) is 47.1 Å². The highest BCUT2D eigenvalue weighted by Crippen LogP contribution is 2.38. The predicted octanol–water partition coefficient (Wildman–Crippen LogP) is 4.81. The van der Waals surface area contributed by atoms with Crippen LogP contribution in [0.15, 0.2) is 36.5 Å². The van der Waals surface area contributed by atoms with Gasteiger partial charge >= 0.3 is 0 Å². The van der Waals surface area contributed by atoms with Gasteiger partial charge in [-0.3, -0.25) is 4.79 Å². The molecule has 1 aromatic carbocycles. The summed E-state index contributed by atoms with van der Waals surface area (Å²) < 4.78 is 11.0. The highest BCUT2D eigenvalue weighted by Gasteiger charge is 2.20. The van der Waals surface area contributed by atoms with E-state index < -0.39 is 0 Å². The Labute approximate surface area is 158 Å². The first-order valence-electron chi connectivity index (χ1n) is 8.88. The van der Waals surface area contributed by atoms with Crippen molar-refractivity contribution < 1.29 is 14.3 Å². The van der Waals surface area contributed by atoms with E-state index in [0.717, 1.165) is 24.2 Å². The number of hydrogen-bond acceptors (Lipinski definition) is 4. The number of methoxy groups -OCH3 is 1. The molecule has 1 fully saturated rings. The number of benzene rings is 1. The average molecular weight is 375 g/mol. The van der Waals surface area contributed by atoms with Crippen LogP contribution in [0.5, 0.6) is 11.5 Å². The lowest BCUT2D eigenvalue weighted by Crippen LogP contribution is -2.21. The molecule has 138 valence electrons. The molecular weight excluding hydrogens is 352 g/mol. The van der Waals surface area contributed by atoms with Crippen LogP contribution < -0.4 is 14.8 Å². The fraction of sp³-hybridized carbons (Fsp3) is 0.400. The predicted molar refractivity (Wildman–Crippen MR) is 102 cm³/mol. The van der Waals surface area contributed by atoms with Crippen LogP contribution in [0.2, 0.25) is 5.02 Å². The molecule has 0 aliphatic heterocycles. The lowest BCUT2D eigenvalue weighted by Gasteiger charge is -2.24. The van der Waals surface area contributed by atoms with Crippen LogP contribution in [0.25, 0.3) is 0 Å². The van der Waals surface area contributed by atoms with Crippen LogP contribution in [-0.2, 0) is 4.79 Å². The number of aromatic nitrogens is 1. The van der Waals surface area contributed by atoms with Gasteiger partial charge < -0.3 is 14.8 Å². The first kappa shape index (κ1) is 18.5. The van der Waals surface area contributed by atoms with Gasteiger partial charge in [0, 0.05) is 11.2 Å². The van der Waals surface area contributed by atoms with Crippen molar-refractivity contribution >= 4 is 23.3 Å². The number of carbonyl (C=O) groups is 1. The van der Waals surface area contributed by atoms with Crippen LogP contribution >= 0.6 is 11.6 Å². The Morgan fingerprint density at radius 3 is 2.81 bits per heavy atom. The van der Waals surface area contributed by atoms with E-state index in [1.54, 1.807) is 24.4 Å². The van der Waals surface area contributed by atoms with Crippen molar-refractivity contribution in [1.82, 2.24) is 4.98 Å². The molecule has 1 saturated carbocycles. The van der Waals surface area contributed by atoms with Crippen LogP contribution in [0.1, 0.15) is 43.6 Å². The summed E-state index contributed by atoms with van der Waals surface area (Å²) in [5.74, 6) is 1.77. The smallest absolute Gasteiger partial charge is 0.263 e. The van der Waals surface area contributed by atoms with E-state index in [2.05, 4.69) is 10.3 Å². The molecule has 0 unspecified atom stereocenters. The van der Waals surface area contributed by atoms with E-state index in [1.165, 1.54) is 26.4 Å². The molecule has 0 bridgehead atoms. The molecule has 0 atom stereocenters. The normalized spacial score (nSPS) is 14.7. The van der Waals surface area contributed by atoms with Crippen LogP contribution in [0.4, 0.5) is 5.82 Å². The van der Waals surface area contributed by atoms with Gasteiger partial charge in [-0.05, 0) is 54.7 Å². The minimum Gasteiger partial charge on any atom is -0.493 e. The molecule has 6 heteroatoms. The summed E-state index contributed by atoms with van der Waals surface area (Å²) in [6, 6.07) is 9.09. The molecule has 0 saturated heterocycles. The van der Waals surface area contributed by atoms with Gasteiger partial charge in [-0.1, -0.05) is 30.9 Å². The van der Waals surface area contributed by atoms with E-state index in [0.29, 0.717) is 22.5 Å². The number of anilines is 1. The summed E-state index contributed by atoms with van der Waals surface area (Å²) in [7, 11) is 1.54. The van der Waals surface area contributed by atoms with Crippen molar-refractivity contribution in [3.63, 3.8) is 0 Å². The third-order valence-electron chi connectivity index (χ3n) is 4.62. The maximum Gasteiger partial charge on any atom is 0.263 e. The molecule has 2 aromatic rings. The second kappa shape index (κ2) is 8.90. The zero-order valence-electron chi connectivity index (χ0n) is 14.8. The van der Waals surface area contributed by atoms with Gasteiger partial charge in [-0.25, -0.2) is 4.98 Å². The van der Waals surface area contributed by atoms with Gasteiger partial charge in [-0.2, -0.15) is 0 Å².